The summed E-state index contributed by atoms with van der Waals surface area (Å²) in [7, 11) is -1.61. The topological polar surface area (TPSA) is 46.6 Å². The lowest BCUT2D eigenvalue weighted by Crippen LogP contribution is -2.42. The summed E-state index contributed by atoms with van der Waals surface area (Å²) < 4.78 is 31.2. The first-order valence-electron chi connectivity index (χ1n) is 6.16. The van der Waals surface area contributed by atoms with Crippen LogP contribution in [0.15, 0.2) is 0 Å². The molecule has 0 N–H and O–H groups in total. The number of nitrogens with zero attached hydrogens (tertiary/aromatic N) is 1. The van der Waals surface area contributed by atoms with E-state index >= 15 is 0 Å². The van der Waals surface area contributed by atoms with Crippen molar-refractivity contribution in [3.05, 3.63) is 0 Å². The van der Waals surface area contributed by atoms with E-state index in [0.29, 0.717) is 25.6 Å². The Morgan fingerprint density at radius 2 is 1.88 bits per heavy atom. The highest BCUT2D eigenvalue weighted by Gasteiger charge is 2.32. The third kappa shape index (κ3) is 4.39. The van der Waals surface area contributed by atoms with Gasteiger partial charge in [-0.15, -0.1) is 11.6 Å². The molecule has 0 unspecified atom stereocenters. The van der Waals surface area contributed by atoms with E-state index in [4.69, 9.17) is 16.3 Å². The predicted molar refractivity (Wildman–Crippen MR) is 70.0 cm³/mol. The average molecular weight is 284 g/mol. The van der Waals surface area contributed by atoms with Gasteiger partial charge in [0.1, 0.15) is 0 Å². The van der Waals surface area contributed by atoms with Crippen molar-refractivity contribution in [2.45, 2.75) is 37.4 Å². The lowest BCUT2D eigenvalue weighted by atomic mass is 10.0. The van der Waals surface area contributed by atoms with Gasteiger partial charge in [0.25, 0.3) is 0 Å². The van der Waals surface area contributed by atoms with Gasteiger partial charge < -0.3 is 4.74 Å². The van der Waals surface area contributed by atoms with E-state index in [-0.39, 0.29) is 5.25 Å². The first-order chi connectivity index (χ1) is 8.12. The molecule has 0 amide bonds. The molecular weight excluding hydrogens is 262 g/mol. The molecule has 0 aliphatic heterocycles. The molecule has 1 rings (SSSR count). The SMILES string of the molecule is COCCN(CCCl)S(=O)(=O)C1CCCCC1. The van der Waals surface area contributed by atoms with Gasteiger partial charge in [0, 0.05) is 26.1 Å². The van der Waals surface area contributed by atoms with E-state index in [1.54, 1.807) is 7.11 Å². The van der Waals surface area contributed by atoms with Crippen molar-refractivity contribution >= 4 is 21.6 Å². The van der Waals surface area contributed by atoms with Gasteiger partial charge in [-0.2, -0.15) is 4.31 Å². The molecule has 0 spiro atoms. The van der Waals surface area contributed by atoms with Crippen LogP contribution in [0, 0.1) is 0 Å². The number of ether oxygens (including phenoxy) is 1. The summed E-state index contributed by atoms with van der Waals surface area (Å²) in [6.07, 6.45) is 4.76. The zero-order chi connectivity index (χ0) is 12.7. The zero-order valence-electron chi connectivity index (χ0n) is 10.4. The van der Waals surface area contributed by atoms with Crippen LogP contribution in [0.4, 0.5) is 0 Å². The van der Waals surface area contributed by atoms with E-state index in [0.717, 1.165) is 32.1 Å². The average Bonchev–Trinajstić information content (AvgIpc) is 2.35. The summed E-state index contributed by atoms with van der Waals surface area (Å²) in [6, 6.07) is 0. The minimum absolute atomic E-state index is 0.212. The van der Waals surface area contributed by atoms with Gasteiger partial charge in [0.15, 0.2) is 0 Å². The summed E-state index contributed by atoms with van der Waals surface area (Å²) in [6.45, 7) is 1.20. The van der Waals surface area contributed by atoms with Crippen LogP contribution in [0.5, 0.6) is 0 Å². The molecular formula is C11H22ClNO3S. The van der Waals surface area contributed by atoms with Crippen LogP contribution < -0.4 is 0 Å². The zero-order valence-corrected chi connectivity index (χ0v) is 12.0. The maximum Gasteiger partial charge on any atom is 0.217 e. The van der Waals surface area contributed by atoms with Crippen LogP contribution in [0.2, 0.25) is 0 Å². The first kappa shape index (κ1) is 15.2. The molecule has 1 aliphatic carbocycles. The van der Waals surface area contributed by atoms with Crippen LogP contribution in [0.3, 0.4) is 0 Å². The fourth-order valence-electron chi connectivity index (χ4n) is 2.23. The number of rotatable bonds is 7. The van der Waals surface area contributed by atoms with Crippen LogP contribution >= 0.6 is 11.6 Å². The molecule has 1 saturated carbocycles. The number of sulfonamides is 1. The second-order valence-electron chi connectivity index (χ2n) is 4.39. The maximum atomic E-state index is 12.4. The second kappa shape index (κ2) is 7.56. The Labute approximate surface area is 109 Å². The minimum atomic E-state index is -3.19. The van der Waals surface area contributed by atoms with Gasteiger partial charge in [-0.3, -0.25) is 0 Å². The Balaban J connectivity index is 2.67. The summed E-state index contributed by atoms with van der Waals surface area (Å²) >= 11 is 5.67. The highest BCUT2D eigenvalue weighted by atomic mass is 35.5. The smallest absolute Gasteiger partial charge is 0.217 e. The molecule has 4 nitrogen and oxygen atoms in total. The first-order valence-corrected chi connectivity index (χ1v) is 8.20. The van der Waals surface area contributed by atoms with Crippen molar-refractivity contribution in [3.63, 3.8) is 0 Å². The van der Waals surface area contributed by atoms with Gasteiger partial charge in [0.2, 0.25) is 10.0 Å². The highest BCUT2D eigenvalue weighted by molar-refractivity contribution is 7.89. The Morgan fingerprint density at radius 1 is 1.24 bits per heavy atom. The van der Waals surface area contributed by atoms with Gasteiger partial charge in [-0.05, 0) is 12.8 Å². The van der Waals surface area contributed by atoms with Crippen LogP contribution in [0.25, 0.3) is 0 Å². The molecule has 0 heterocycles. The molecule has 6 heteroatoms. The molecule has 0 atom stereocenters. The third-order valence-electron chi connectivity index (χ3n) is 3.21. The number of methoxy groups -OCH3 is 1. The number of hydrogen-bond donors (Lipinski definition) is 0. The lowest BCUT2D eigenvalue weighted by Gasteiger charge is -2.29. The van der Waals surface area contributed by atoms with E-state index in [1.807, 2.05) is 0 Å². The van der Waals surface area contributed by atoms with Crippen molar-refractivity contribution in [1.82, 2.24) is 4.31 Å². The molecule has 0 bridgehead atoms. The highest BCUT2D eigenvalue weighted by Crippen LogP contribution is 2.25. The Morgan fingerprint density at radius 3 is 2.41 bits per heavy atom. The van der Waals surface area contributed by atoms with Crippen LogP contribution in [0.1, 0.15) is 32.1 Å². The minimum Gasteiger partial charge on any atom is -0.383 e. The lowest BCUT2D eigenvalue weighted by molar-refractivity contribution is 0.180. The van der Waals surface area contributed by atoms with Gasteiger partial charge in [0.05, 0.1) is 11.9 Å². The van der Waals surface area contributed by atoms with E-state index < -0.39 is 10.0 Å². The van der Waals surface area contributed by atoms with E-state index in [9.17, 15) is 8.42 Å². The van der Waals surface area contributed by atoms with E-state index in [2.05, 4.69) is 0 Å². The summed E-state index contributed by atoms with van der Waals surface area (Å²) in [5.41, 5.74) is 0. The molecule has 102 valence electrons. The standard InChI is InChI=1S/C11H22ClNO3S/c1-16-10-9-13(8-7-12)17(14,15)11-5-3-2-4-6-11/h11H,2-10H2,1H3. The number of alkyl halides is 1. The van der Waals surface area contributed by atoms with Crippen molar-refractivity contribution in [1.29, 1.82) is 0 Å². The van der Waals surface area contributed by atoms with Gasteiger partial charge in [-0.1, -0.05) is 19.3 Å². The molecule has 0 radical (unpaired) electrons. The fourth-order valence-corrected chi connectivity index (χ4v) is 4.56. The number of halogens is 1. The molecule has 0 saturated heterocycles. The Bertz CT molecular complexity index is 302. The molecule has 1 aliphatic rings. The third-order valence-corrected chi connectivity index (χ3v) is 5.78. The van der Waals surface area contributed by atoms with Crippen LogP contribution in [-0.2, 0) is 14.8 Å². The van der Waals surface area contributed by atoms with Crippen molar-refractivity contribution < 1.29 is 13.2 Å². The monoisotopic (exact) mass is 283 g/mol. The van der Waals surface area contributed by atoms with Crippen molar-refractivity contribution in [2.75, 3.05) is 32.7 Å². The fraction of sp³-hybridized carbons (Fsp3) is 1.00. The largest absolute Gasteiger partial charge is 0.383 e. The molecule has 0 aromatic heterocycles. The van der Waals surface area contributed by atoms with E-state index in [1.165, 1.54) is 4.31 Å². The van der Waals surface area contributed by atoms with Gasteiger partial charge in [-0.25, -0.2) is 8.42 Å². The molecule has 17 heavy (non-hydrogen) atoms. The summed E-state index contributed by atoms with van der Waals surface area (Å²) in [5, 5.41) is -0.212. The van der Waals surface area contributed by atoms with Crippen molar-refractivity contribution in [3.8, 4) is 0 Å². The normalized spacial score (nSPS) is 18.8. The molecule has 0 aromatic rings. The summed E-state index contributed by atoms with van der Waals surface area (Å²) in [4.78, 5) is 0. The Kier molecular flexibility index (Phi) is 6.77. The van der Waals surface area contributed by atoms with Crippen LogP contribution in [-0.4, -0.2) is 50.7 Å². The predicted octanol–water partition coefficient (Wildman–Crippen LogP) is 1.84. The second-order valence-corrected chi connectivity index (χ2v) is 6.98. The number of hydrogen-bond acceptors (Lipinski definition) is 3. The van der Waals surface area contributed by atoms with Crippen molar-refractivity contribution in [2.24, 2.45) is 0 Å². The Hall–Kier alpha value is 0.160. The molecule has 0 aromatic carbocycles. The quantitative estimate of drug-likeness (QED) is 0.670. The maximum absolute atomic E-state index is 12.4. The van der Waals surface area contributed by atoms with Gasteiger partial charge >= 0.3 is 0 Å². The summed E-state index contributed by atoms with van der Waals surface area (Å²) in [5.74, 6) is 0.329. The molecule has 1 fully saturated rings.